The van der Waals surface area contributed by atoms with Crippen molar-refractivity contribution >= 4 is 17.2 Å². The molecule has 0 fully saturated rings. The van der Waals surface area contributed by atoms with Crippen molar-refractivity contribution in [2.45, 2.75) is 6.54 Å². The van der Waals surface area contributed by atoms with Crippen LogP contribution in [0.1, 0.15) is 16.2 Å². The van der Waals surface area contributed by atoms with Crippen LogP contribution in [0.3, 0.4) is 0 Å². The fourth-order valence-corrected chi connectivity index (χ4v) is 2.29. The number of H-pyrrole nitrogens is 1. The van der Waals surface area contributed by atoms with Crippen LogP contribution in [0.25, 0.3) is 10.7 Å². The van der Waals surface area contributed by atoms with Crippen LogP contribution >= 0.6 is 11.3 Å². The van der Waals surface area contributed by atoms with Crippen molar-refractivity contribution in [1.29, 1.82) is 0 Å². The molecular weight excluding hydrogens is 292 g/mol. The number of thiophene rings is 1. The third kappa shape index (κ3) is 3.06. The first kappa shape index (κ1) is 13.3. The Hall–Kier alpha value is -2.74. The van der Waals surface area contributed by atoms with Crippen LogP contribution in [0, 0.1) is 0 Å². The second-order valence-electron chi connectivity index (χ2n) is 4.11. The molecule has 0 atom stereocenters. The number of rotatable bonds is 4. The summed E-state index contributed by atoms with van der Waals surface area (Å²) >= 11 is 1.51. The Balaban J connectivity index is 1.64. The van der Waals surface area contributed by atoms with Crippen LogP contribution in [0.4, 0.5) is 0 Å². The van der Waals surface area contributed by atoms with E-state index in [4.69, 9.17) is 4.52 Å². The fourth-order valence-electron chi connectivity index (χ4n) is 1.64. The molecule has 106 valence electrons. The van der Waals surface area contributed by atoms with Crippen molar-refractivity contribution in [1.82, 2.24) is 20.4 Å². The molecule has 0 spiro atoms. The van der Waals surface area contributed by atoms with Gasteiger partial charge in [-0.1, -0.05) is 11.2 Å². The third-order valence-electron chi connectivity index (χ3n) is 2.66. The van der Waals surface area contributed by atoms with E-state index >= 15 is 0 Å². The summed E-state index contributed by atoms with van der Waals surface area (Å²) in [5, 5.41) is 8.41. The molecule has 0 bridgehead atoms. The topological polar surface area (TPSA) is 101 Å². The molecule has 21 heavy (non-hydrogen) atoms. The number of nitrogens with zero attached hydrogens (tertiary/aromatic N) is 2. The summed E-state index contributed by atoms with van der Waals surface area (Å²) in [6.45, 7) is 0.121. The second kappa shape index (κ2) is 5.71. The molecule has 8 heteroatoms. The molecule has 3 aromatic rings. The van der Waals surface area contributed by atoms with E-state index in [0.29, 0.717) is 17.3 Å². The van der Waals surface area contributed by atoms with Gasteiger partial charge >= 0.3 is 0 Å². The molecule has 0 saturated carbocycles. The van der Waals surface area contributed by atoms with Gasteiger partial charge in [0, 0.05) is 12.3 Å². The quantitative estimate of drug-likeness (QED) is 0.759. The Bertz CT molecular complexity index is 786. The molecule has 0 aliphatic carbocycles. The van der Waals surface area contributed by atoms with E-state index in [2.05, 4.69) is 20.4 Å². The molecule has 7 nitrogen and oxygen atoms in total. The summed E-state index contributed by atoms with van der Waals surface area (Å²) in [5.74, 6) is 0.483. The molecule has 0 saturated heterocycles. The lowest BCUT2D eigenvalue weighted by Crippen LogP contribution is -2.23. The Labute approximate surface area is 122 Å². The van der Waals surface area contributed by atoms with Crippen LogP contribution in [0.2, 0.25) is 0 Å². The minimum Gasteiger partial charge on any atom is -0.343 e. The molecule has 3 rings (SSSR count). The Kier molecular flexibility index (Phi) is 3.61. The molecule has 2 N–H and O–H groups in total. The Morgan fingerprint density at radius 3 is 3.00 bits per heavy atom. The Morgan fingerprint density at radius 1 is 1.38 bits per heavy atom. The maximum atomic E-state index is 11.8. The number of amides is 1. The molecule has 0 aliphatic heterocycles. The number of aromatic amines is 1. The number of carbonyl (C=O) groups is 1. The monoisotopic (exact) mass is 302 g/mol. The van der Waals surface area contributed by atoms with Crippen molar-refractivity contribution in [2.24, 2.45) is 0 Å². The lowest BCUT2D eigenvalue weighted by molar-refractivity contribution is 0.0946. The number of carbonyl (C=O) groups excluding carboxylic acids is 1. The van der Waals surface area contributed by atoms with Gasteiger partial charge in [0.15, 0.2) is 0 Å². The van der Waals surface area contributed by atoms with E-state index in [9.17, 15) is 9.59 Å². The molecule has 3 heterocycles. The van der Waals surface area contributed by atoms with Crippen LogP contribution < -0.4 is 10.9 Å². The highest BCUT2D eigenvalue weighted by Gasteiger charge is 2.11. The zero-order valence-corrected chi connectivity index (χ0v) is 11.5. The largest absolute Gasteiger partial charge is 0.343 e. The summed E-state index contributed by atoms with van der Waals surface area (Å²) in [4.78, 5) is 30.3. The van der Waals surface area contributed by atoms with Gasteiger partial charge in [-0.2, -0.15) is 4.98 Å². The lowest BCUT2D eigenvalue weighted by Gasteiger charge is -2.01. The smallest absolute Gasteiger partial charge is 0.253 e. The highest BCUT2D eigenvalue weighted by molar-refractivity contribution is 7.13. The minimum absolute atomic E-state index is 0.121. The van der Waals surface area contributed by atoms with E-state index in [0.717, 1.165) is 4.88 Å². The normalized spacial score (nSPS) is 10.5. The van der Waals surface area contributed by atoms with E-state index in [1.807, 2.05) is 17.5 Å². The Morgan fingerprint density at radius 2 is 2.29 bits per heavy atom. The maximum Gasteiger partial charge on any atom is 0.253 e. The van der Waals surface area contributed by atoms with Gasteiger partial charge in [-0.15, -0.1) is 11.3 Å². The first-order chi connectivity index (χ1) is 10.2. The summed E-state index contributed by atoms with van der Waals surface area (Å²) < 4.78 is 5.07. The fraction of sp³-hybridized carbons (Fsp3) is 0.0769. The summed E-state index contributed by atoms with van der Waals surface area (Å²) in [6.07, 6.45) is 1.35. The number of pyridine rings is 1. The molecule has 0 aliphatic rings. The SMILES string of the molecule is O=C(NCc1nc(-c2cccs2)no1)c1ccc(=O)[nH]c1. The second-order valence-corrected chi connectivity index (χ2v) is 5.06. The first-order valence-electron chi connectivity index (χ1n) is 6.06. The standard InChI is InChI=1S/C13H10N4O3S/c18-10-4-3-8(6-14-10)13(19)15-7-11-16-12(17-20-11)9-2-1-5-21-9/h1-6H,7H2,(H,14,18)(H,15,19). The molecule has 0 radical (unpaired) electrons. The van der Waals surface area contributed by atoms with E-state index in [1.165, 1.54) is 29.7 Å². The lowest BCUT2D eigenvalue weighted by atomic mass is 10.3. The number of hydrogen-bond acceptors (Lipinski definition) is 6. The van der Waals surface area contributed by atoms with Gasteiger partial charge in [-0.25, -0.2) is 0 Å². The molecular formula is C13H10N4O3S. The zero-order valence-electron chi connectivity index (χ0n) is 10.7. The van der Waals surface area contributed by atoms with Gasteiger partial charge in [0.1, 0.15) is 0 Å². The van der Waals surface area contributed by atoms with Gasteiger partial charge < -0.3 is 14.8 Å². The van der Waals surface area contributed by atoms with E-state index in [1.54, 1.807) is 0 Å². The third-order valence-corrected chi connectivity index (χ3v) is 3.52. The van der Waals surface area contributed by atoms with E-state index < -0.39 is 0 Å². The van der Waals surface area contributed by atoms with Crippen molar-refractivity contribution in [3.05, 3.63) is 57.7 Å². The zero-order chi connectivity index (χ0) is 14.7. The highest BCUT2D eigenvalue weighted by atomic mass is 32.1. The minimum atomic E-state index is -0.331. The predicted octanol–water partition coefficient (Wildman–Crippen LogP) is 1.42. The summed E-state index contributed by atoms with van der Waals surface area (Å²) in [5.41, 5.74) is 0.0941. The van der Waals surface area contributed by atoms with Gasteiger partial charge in [-0.05, 0) is 17.5 Å². The first-order valence-corrected chi connectivity index (χ1v) is 6.94. The summed E-state index contributed by atoms with van der Waals surface area (Å²) in [7, 11) is 0. The molecule has 3 aromatic heterocycles. The summed E-state index contributed by atoms with van der Waals surface area (Å²) in [6, 6.07) is 6.52. The van der Waals surface area contributed by atoms with Crippen molar-refractivity contribution in [3.8, 4) is 10.7 Å². The molecule has 0 unspecified atom stereocenters. The maximum absolute atomic E-state index is 11.8. The van der Waals surface area contributed by atoms with Crippen LogP contribution in [0.5, 0.6) is 0 Å². The predicted molar refractivity (Wildman–Crippen MR) is 75.8 cm³/mol. The average molecular weight is 302 g/mol. The molecule has 0 aromatic carbocycles. The van der Waals surface area contributed by atoms with Crippen molar-refractivity contribution in [2.75, 3.05) is 0 Å². The number of hydrogen-bond donors (Lipinski definition) is 2. The van der Waals surface area contributed by atoms with Gasteiger partial charge in [0.25, 0.3) is 5.91 Å². The van der Waals surface area contributed by atoms with Gasteiger partial charge in [0.05, 0.1) is 17.0 Å². The number of aromatic nitrogens is 3. The van der Waals surface area contributed by atoms with Crippen LogP contribution in [-0.2, 0) is 6.54 Å². The van der Waals surface area contributed by atoms with Crippen molar-refractivity contribution in [3.63, 3.8) is 0 Å². The van der Waals surface area contributed by atoms with E-state index in [-0.39, 0.29) is 18.0 Å². The highest BCUT2D eigenvalue weighted by Crippen LogP contribution is 2.21. The average Bonchev–Trinajstić information content (AvgIpc) is 3.16. The van der Waals surface area contributed by atoms with Crippen molar-refractivity contribution < 1.29 is 9.32 Å². The van der Waals surface area contributed by atoms with Gasteiger partial charge in [0.2, 0.25) is 17.3 Å². The van der Waals surface area contributed by atoms with Gasteiger partial charge in [-0.3, -0.25) is 9.59 Å². The van der Waals surface area contributed by atoms with Crippen LogP contribution in [-0.4, -0.2) is 21.0 Å². The van der Waals surface area contributed by atoms with Crippen LogP contribution in [0.15, 0.2) is 45.2 Å². The molecule has 1 amide bonds. The number of nitrogens with one attached hydrogen (secondary N) is 2.